The minimum absolute atomic E-state index is 0.0530. The fourth-order valence-electron chi connectivity index (χ4n) is 2.57. The minimum atomic E-state index is -3.86. The van der Waals surface area contributed by atoms with Gasteiger partial charge in [0.05, 0.1) is 26.0 Å². The average molecular weight is 432 g/mol. The van der Waals surface area contributed by atoms with Crippen LogP contribution in [0.25, 0.3) is 0 Å². The van der Waals surface area contributed by atoms with Gasteiger partial charge in [0.1, 0.15) is 9.77 Å². The molecular weight excluding hydrogens is 414 g/mol. The molecule has 146 valence electrons. The number of thiazole rings is 1. The van der Waals surface area contributed by atoms with Crippen molar-refractivity contribution >= 4 is 49.9 Å². The van der Waals surface area contributed by atoms with Crippen LogP contribution >= 0.6 is 22.7 Å². The average Bonchev–Trinajstić information content (AvgIpc) is 3.27. The van der Waals surface area contributed by atoms with Gasteiger partial charge in [0.15, 0.2) is 5.13 Å². The first-order valence-corrected chi connectivity index (χ1v) is 11.1. The molecule has 0 aromatic carbocycles. The summed E-state index contributed by atoms with van der Waals surface area (Å²) >= 11 is 2.23. The van der Waals surface area contributed by atoms with Crippen molar-refractivity contribution in [2.45, 2.75) is 24.8 Å². The molecule has 0 unspecified atom stereocenters. The number of ether oxygens (including phenoxy) is 2. The van der Waals surface area contributed by atoms with Gasteiger partial charge in [-0.15, -0.1) is 11.3 Å². The van der Waals surface area contributed by atoms with E-state index >= 15 is 0 Å². The van der Waals surface area contributed by atoms with E-state index in [9.17, 15) is 18.0 Å². The Hall–Kier alpha value is -2.02. The minimum Gasteiger partial charge on any atom is -0.465 e. The molecule has 0 bridgehead atoms. The number of sulfonamides is 1. The second-order valence-corrected chi connectivity index (χ2v) is 9.33. The van der Waals surface area contributed by atoms with Crippen LogP contribution in [0.1, 0.15) is 27.2 Å². The molecule has 3 rings (SSSR count). The number of fused-ring (bicyclic) bond motifs is 1. The number of methoxy groups -OCH3 is 1. The summed E-state index contributed by atoms with van der Waals surface area (Å²) in [6.07, 6.45) is -0.193. The fraction of sp³-hybridized carbons (Fsp3) is 0.400. The smallest absolute Gasteiger partial charge is 0.413 e. The van der Waals surface area contributed by atoms with E-state index in [1.54, 1.807) is 12.3 Å². The monoisotopic (exact) mass is 431 g/mol. The number of carbonyl (C=O) groups excluding carboxylic acids is 2. The van der Waals surface area contributed by atoms with Gasteiger partial charge in [-0.3, -0.25) is 5.32 Å². The van der Waals surface area contributed by atoms with Crippen molar-refractivity contribution < 1.29 is 27.5 Å². The normalized spacial score (nSPS) is 14.4. The van der Waals surface area contributed by atoms with Gasteiger partial charge < -0.3 is 9.47 Å². The van der Waals surface area contributed by atoms with Gasteiger partial charge in [-0.25, -0.2) is 23.0 Å². The Morgan fingerprint density at radius 3 is 2.89 bits per heavy atom. The molecule has 9 nitrogen and oxygen atoms in total. The standard InChI is InChI=1S/C15H17N3O6S3/c1-3-24-15(20)17-14-16-9-4-6-18(8-10(9)26-14)27(21,22)11-5-7-25-12(11)13(19)23-2/h5,7H,3-4,6,8H2,1-2H3,(H,16,17,20). The van der Waals surface area contributed by atoms with E-state index in [4.69, 9.17) is 4.74 Å². The Kier molecular flexibility index (Phi) is 5.79. The van der Waals surface area contributed by atoms with Gasteiger partial charge in [-0.1, -0.05) is 11.3 Å². The van der Waals surface area contributed by atoms with E-state index in [-0.39, 0.29) is 29.5 Å². The van der Waals surface area contributed by atoms with Crippen LogP contribution in [0.15, 0.2) is 16.3 Å². The number of hydrogen-bond acceptors (Lipinski definition) is 9. The van der Waals surface area contributed by atoms with Gasteiger partial charge in [-0.2, -0.15) is 4.31 Å². The third kappa shape index (κ3) is 3.98. The summed E-state index contributed by atoms with van der Waals surface area (Å²) in [7, 11) is -2.65. The molecule has 27 heavy (non-hydrogen) atoms. The molecule has 12 heteroatoms. The molecule has 3 heterocycles. The van der Waals surface area contributed by atoms with Crippen LogP contribution in [-0.4, -0.2) is 50.0 Å². The maximum absolute atomic E-state index is 13.0. The van der Waals surface area contributed by atoms with E-state index in [0.717, 1.165) is 21.9 Å². The molecule has 1 aliphatic heterocycles. The van der Waals surface area contributed by atoms with E-state index in [1.165, 1.54) is 28.8 Å². The number of nitrogens with one attached hydrogen (secondary N) is 1. The van der Waals surface area contributed by atoms with Crippen molar-refractivity contribution in [1.82, 2.24) is 9.29 Å². The molecule has 0 radical (unpaired) electrons. The molecule has 0 spiro atoms. The Morgan fingerprint density at radius 1 is 1.41 bits per heavy atom. The van der Waals surface area contributed by atoms with Crippen LogP contribution in [0.2, 0.25) is 0 Å². The van der Waals surface area contributed by atoms with Gasteiger partial charge in [-0.05, 0) is 18.4 Å². The highest BCUT2D eigenvalue weighted by molar-refractivity contribution is 7.89. The maximum Gasteiger partial charge on any atom is 0.413 e. The van der Waals surface area contributed by atoms with Gasteiger partial charge in [0, 0.05) is 17.8 Å². The number of aromatic nitrogens is 1. The molecule has 2 aromatic rings. The molecule has 2 aromatic heterocycles. The Morgan fingerprint density at radius 2 is 2.19 bits per heavy atom. The molecule has 0 aliphatic carbocycles. The lowest BCUT2D eigenvalue weighted by Crippen LogP contribution is -2.36. The third-order valence-corrected chi connectivity index (χ3v) is 7.71. The zero-order valence-electron chi connectivity index (χ0n) is 14.6. The van der Waals surface area contributed by atoms with Gasteiger partial charge >= 0.3 is 12.1 Å². The maximum atomic E-state index is 13.0. The second kappa shape index (κ2) is 7.92. The van der Waals surface area contributed by atoms with Crippen molar-refractivity contribution in [3.63, 3.8) is 0 Å². The van der Waals surface area contributed by atoms with Crippen LogP contribution < -0.4 is 5.32 Å². The Labute approximate surface area is 164 Å². The van der Waals surface area contributed by atoms with Crippen LogP contribution in [0.4, 0.5) is 9.93 Å². The number of hydrogen-bond donors (Lipinski definition) is 1. The zero-order chi connectivity index (χ0) is 19.6. The lowest BCUT2D eigenvalue weighted by Gasteiger charge is -2.25. The summed E-state index contributed by atoms with van der Waals surface area (Å²) in [5, 5.41) is 4.44. The van der Waals surface area contributed by atoms with E-state index in [0.29, 0.717) is 11.6 Å². The van der Waals surface area contributed by atoms with E-state index < -0.39 is 22.1 Å². The molecule has 1 N–H and O–H groups in total. The van der Waals surface area contributed by atoms with Crippen LogP contribution in [0, 0.1) is 0 Å². The highest BCUT2D eigenvalue weighted by Crippen LogP contribution is 2.33. The van der Waals surface area contributed by atoms with Crippen LogP contribution in [0.5, 0.6) is 0 Å². The summed E-state index contributed by atoms with van der Waals surface area (Å²) in [6.45, 7) is 2.29. The highest BCUT2D eigenvalue weighted by atomic mass is 32.2. The number of amides is 1. The fourth-order valence-corrected chi connectivity index (χ4v) is 6.37. The summed E-state index contributed by atoms with van der Waals surface area (Å²) in [6, 6.07) is 1.40. The summed E-state index contributed by atoms with van der Waals surface area (Å²) in [4.78, 5) is 28.4. The third-order valence-electron chi connectivity index (χ3n) is 3.80. The lowest BCUT2D eigenvalue weighted by molar-refractivity contribution is 0.0602. The number of thiophene rings is 1. The molecule has 0 saturated carbocycles. The number of carbonyl (C=O) groups is 2. The van der Waals surface area contributed by atoms with Gasteiger partial charge in [0.25, 0.3) is 0 Å². The number of nitrogens with zero attached hydrogens (tertiary/aromatic N) is 2. The Balaban J connectivity index is 1.81. The lowest BCUT2D eigenvalue weighted by atomic mass is 10.2. The Bertz CT molecular complexity index is 965. The molecule has 0 fully saturated rings. The van der Waals surface area contributed by atoms with E-state index in [2.05, 4.69) is 15.0 Å². The van der Waals surface area contributed by atoms with Crippen molar-refractivity contribution in [2.24, 2.45) is 0 Å². The summed E-state index contributed by atoms with van der Waals surface area (Å²) in [5.41, 5.74) is 0.747. The van der Waals surface area contributed by atoms with Gasteiger partial charge in [0.2, 0.25) is 10.0 Å². The van der Waals surface area contributed by atoms with Crippen molar-refractivity contribution in [1.29, 1.82) is 0 Å². The first-order valence-electron chi connectivity index (χ1n) is 7.95. The van der Waals surface area contributed by atoms with Crippen LogP contribution in [-0.2, 0) is 32.5 Å². The first kappa shape index (κ1) is 19.7. The number of anilines is 1. The summed E-state index contributed by atoms with van der Waals surface area (Å²) in [5.74, 6) is -0.681. The molecule has 1 aliphatic rings. The SMILES string of the molecule is CCOC(=O)Nc1nc2c(s1)CN(S(=O)(=O)c1ccsc1C(=O)OC)CC2. The molecular formula is C15H17N3O6S3. The summed E-state index contributed by atoms with van der Waals surface area (Å²) < 4.78 is 36.8. The molecule has 1 amide bonds. The topological polar surface area (TPSA) is 115 Å². The number of rotatable bonds is 5. The molecule has 0 saturated heterocycles. The van der Waals surface area contributed by atoms with Crippen molar-refractivity contribution in [3.8, 4) is 0 Å². The number of esters is 1. The quantitative estimate of drug-likeness (QED) is 0.722. The molecule has 0 atom stereocenters. The van der Waals surface area contributed by atoms with Crippen molar-refractivity contribution in [2.75, 3.05) is 25.6 Å². The zero-order valence-corrected chi connectivity index (χ0v) is 17.0. The predicted octanol–water partition coefficient (Wildman–Crippen LogP) is 2.31. The predicted molar refractivity (Wildman–Crippen MR) is 99.7 cm³/mol. The second-order valence-electron chi connectivity index (χ2n) is 5.43. The van der Waals surface area contributed by atoms with Crippen molar-refractivity contribution in [3.05, 3.63) is 26.9 Å². The van der Waals surface area contributed by atoms with Crippen LogP contribution in [0.3, 0.4) is 0 Å². The van der Waals surface area contributed by atoms with E-state index in [1.807, 2.05) is 0 Å². The largest absolute Gasteiger partial charge is 0.465 e. The highest BCUT2D eigenvalue weighted by Gasteiger charge is 2.34. The first-order chi connectivity index (χ1) is 12.9.